The summed E-state index contributed by atoms with van der Waals surface area (Å²) in [6.45, 7) is 0.792. The van der Waals surface area contributed by atoms with Gasteiger partial charge in [-0.05, 0) is 43.9 Å². The number of carbonyl (C=O) groups is 1. The van der Waals surface area contributed by atoms with Crippen molar-refractivity contribution >= 4 is 27.5 Å². The smallest absolute Gasteiger partial charge is 0.284 e. The van der Waals surface area contributed by atoms with E-state index in [0.717, 1.165) is 45.1 Å². The Kier molecular flexibility index (Phi) is 6.58. The lowest BCUT2D eigenvalue weighted by Gasteiger charge is -2.29. The van der Waals surface area contributed by atoms with Crippen LogP contribution in [0.15, 0.2) is 33.6 Å². The summed E-state index contributed by atoms with van der Waals surface area (Å²) in [5.41, 5.74) is -0.665. The Labute approximate surface area is 172 Å². The van der Waals surface area contributed by atoms with Crippen LogP contribution in [0, 0.1) is 16.7 Å². The van der Waals surface area contributed by atoms with Gasteiger partial charge in [-0.3, -0.25) is 4.79 Å². The molecule has 7 nitrogen and oxygen atoms in total. The van der Waals surface area contributed by atoms with Crippen LogP contribution >= 0.6 is 0 Å². The van der Waals surface area contributed by atoms with Crippen molar-refractivity contribution in [2.45, 2.75) is 62.7 Å². The number of nitrogens with zero attached hydrogens (tertiary/aromatic N) is 3. The fourth-order valence-electron chi connectivity index (χ4n) is 3.97. The molecule has 1 aromatic carbocycles. The van der Waals surface area contributed by atoms with Crippen LogP contribution in [0.2, 0.25) is 0 Å². The minimum atomic E-state index is -3.88. The summed E-state index contributed by atoms with van der Waals surface area (Å²) >= 11 is 0. The molecule has 0 spiro atoms. The first kappa shape index (κ1) is 21.3. The van der Waals surface area contributed by atoms with Gasteiger partial charge in [-0.15, -0.1) is 4.40 Å². The van der Waals surface area contributed by atoms with E-state index in [0.29, 0.717) is 30.8 Å². The lowest BCUT2D eigenvalue weighted by Crippen LogP contribution is -2.36. The van der Waals surface area contributed by atoms with Gasteiger partial charge in [0.05, 0.1) is 11.0 Å². The molecular formula is C21H28N4O3S. The van der Waals surface area contributed by atoms with E-state index in [-0.39, 0.29) is 10.8 Å². The molecule has 1 saturated heterocycles. The number of nitriles is 1. The van der Waals surface area contributed by atoms with Crippen LogP contribution in [0.5, 0.6) is 0 Å². The summed E-state index contributed by atoms with van der Waals surface area (Å²) < 4.78 is 29.7. The van der Waals surface area contributed by atoms with Gasteiger partial charge in [0.1, 0.15) is 11.3 Å². The standard InChI is InChI=1S/C21H28N4O3S/c1-25-14-7-2-4-11-19(25)24-29(27,28)18-10-8-9-17(15-18)23-20(26)21(16-22)12-5-3-6-13-21/h8-10,15H,2-7,11-14H2,1H3,(H,23,26)/b24-19+. The van der Waals surface area contributed by atoms with Crippen molar-refractivity contribution in [2.75, 3.05) is 18.9 Å². The average molecular weight is 417 g/mol. The molecule has 1 aliphatic heterocycles. The zero-order valence-electron chi connectivity index (χ0n) is 16.9. The molecule has 1 aromatic rings. The zero-order chi connectivity index (χ0) is 20.9. The monoisotopic (exact) mass is 416 g/mol. The van der Waals surface area contributed by atoms with Gasteiger partial charge in [-0.2, -0.15) is 13.7 Å². The van der Waals surface area contributed by atoms with Crippen molar-refractivity contribution < 1.29 is 13.2 Å². The van der Waals surface area contributed by atoms with Gasteiger partial charge in [-0.25, -0.2) is 0 Å². The number of hydrogen-bond donors (Lipinski definition) is 1. The predicted molar refractivity (Wildman–Crippen MR) is 112 cm³/mol. The number of nitrogens with one attached hydrogen (secondary N) is 1. The third-order valence-electron chi connectivity index (χ3n) is 5.81. The minimum absolute atomic E-state index is 0.0371. The molecule has 0 radical (unpaired) electrons. The molecule has 0 bridgehead atoms. The van der Waals surface area contributed by atoms with E-state index in [4.69, 9.17) is 0 Å². The molecule has 1 amide bonds. The molecule has 0 aromatic heterocycles. The molecule has 8 heteroatoms. The second-order valence-electron chi connectivity index (χ2n) is 7.95. The van der Waals surface area contributed by atoms with Crippen LogP contribution in [-0.4, -0.2) is 38.7 Å². The number of benzene rings is 1. The topological polar surface area (TPSA) is 103 Å². The molecule has 1 N–H and O–H groups in total. The first-order valence-electron chi connectivity index (χ1n) is 10.2. The predicted octanol–water partition coefficient (Wildman–Crippen LogP) is 3.69. The van der Waals surface area contributed by atoms with Gasteiger partial charge in [0.15, 0.2) is 0 Å². The summed E-state index contributed by atoms with van der Waals surface area (Å²) in [6, 6.07) is 8.30. The maximum atomic E-state index is 12.8. The van der Waals surface area contributed by atoms with Crippen molar-refractivity contribution in [3.05, 3.63) is 24.3 Å². The quantitative estimate of drug-likeness (QED) is 0.806. The number of sulfonamides is 1. The highest BCUT2D eigenvalue weighted by atomic mass is 32.2. The fourth-order valence-corrected chi connectivity index (χ4v) is 5.11. The van der Waals surface area contributed by atoms with E-state index >= 15 is 0 Å². The van der Waals surface area contributed by atoms with Gasteiger partial charge in [0.2, 0.25) is 5.91 Å². The number of likely N-dealkylation sites (tertiary alicyclic amines) is 1. The van der Waals surface area contributed by atoms with Gasteiger partial charge in [-0.1, -0.05) is 31.7 Å². The fraction of sp³-hybridized carbons (Fsp3) is 0.571. The Morgan fingerprint density at radius 2 is 1.90 bits per heavy atom. The number of carbonyl (C=O) groups excluding carboxylic acids is 1. The van der Waals surface area contributed by atoms with E-state index in [2.05, 4.69) is 15.8 Å². The van der Waals surface area contributed by atoms with Gasteiger partial charge in [0.25, 0.3) is 10.0 Å². The van der Waals surface area contributed by atoms with Crippen molar-refractivity contribution in [3.8, 4) is 6.07 Å². The maximum absolute atomic E-state index is 12.8. The van der Waals surface area contributed by atoms with Gasteiger partial charge < -0.3 is 10.2 Å². The first-order valence-corrected chi connectivity index (χ1v) is 11.7. The van der Waals surface area contributed by atoms with Crippen molar-refractivity contribution in [3.63, 3.8) is 0 Å². The Hall–Kier alpha value is -2.40. The van der Waals surface area contributed by atoms with Crippen molar-refractivity contribution in [2.24, 2.45) is 9.81 Å². The van der Waals surface area contributed by atoms with Gasteiger partial charge >= 0.3 is 0 Å². The van der Waals surface area contributed by atoms with Crippen LogP contribution in [0.3, 0.4) is 0 Å². The van der Waals surface area contributed by atoms with E-state index < -0.39 is 15.4 Å². The van der Waals surface area contributed by atoms with Crippen LogP contribution < -0.4 is 5.32 Å². The van der Waals surface area contributed by atoms with Crippen LogP contribution in [-0.2, 0) is 14.8 Å². The Balaban J connectivity index is 1.81. The largest absolute Gasteiger partial charge is 0.362 e. The van der Waals surface area contributed by atoms with E-state index in [1.165, 1.54) is 12.1 Å². The third-order valence-corrected chi connectivity index (χ3v) is 7.11. The minimum Gasteiger partial charge on any atom is -0.362 e. The van der Waals surface area contributed by atoms with E-state index in [9.17, 15) is 18.5 Å². The normalized spacial score (nSPS) is 21.2. The molecule has 0 unspecified atom stereocenters. The molecule has 2 fully saturated rings. The number of rotatable bonds is 4. The molecule has 1 saturated carbocycles. The second-order valence-corrected chi connectivity index (χ2v) is 9.56. The molecule has 1 aliphatic carbocycles. The molecule has 156 valence electrons. The van der Waals surface area contributed by atoms with Crippen LogP contribution in [0.25, 0.3) is 0 Å². The number of hydrogen-bond acceptors (Lipinski definition) is 4. The summed E-state index contributed by atoms with van der Waals surface area (Å²) in [4.78, 5) is 14.7. The maximum Gasteiger partial charge on any atom is 0.284 e. The van der Waals surface area contributed by atoms with E-state index in [1.54, 1.807) is 12.1 Å². The zero-order valence-corrected chi connectivity index (χ0v) is 17.7. The summed E-state index contributed by atoms with van der Waals surface area (Å²) in [5.74, 6) is 0.214. The van der Waals surface area contributed by atoms with E-state index in [1.807, 2.05) is 11.9 Å². The highest BCUT2D eigenvalue weighted by Crippen LogP contribution is 2.37. The summed E-state index contributed by atoms with van der Waals surface area (Å²) in [6.07, 6.45) is 7.44. The number of amides is 1. The molecule has 29 heavy (non-hydrogen) atoms. The highest BCUT2D eigenvalue weighted by molar-refractivity contribution is 7.90. The third kappa shape index (κ3) is 4.96. The van der Waals surface area contributed by atoms with Crippen molar-refractivity contribution in [1.29, 1.82) is 5.26 Å². The highest BCUT2D eigenvalue weighted by Gasteiger charge is 2.39. The molecule has 3 rings (SSSR count). The molecular weight excluding hydrogens is 388 g/mol. The van der Waals surface area contributed by atoms with Crippen LogP contribution in [0.1, 0.15) is 57.8 Å². The average Bonchev–Trinajstić information content (AvgIpc) is 2.92. The Morgan fingerprint density at radius 3 is 2.62 bits per heavy atom. The lowest BCUT2D eigenvalue weighted by molar-refractivity contribution is -0.124. The van der Waals surface area contributed by atoms with Crippen molar-refractivity contribution in [1.82, 2.24) is 4.90 Å². The van der Waals surface area contributed by atoms with Gasteiger partial charge in [0, 0.05) is 25.7 Å². The summed E-state index contributed by atoms with van der Waals surface area (Å²) in [7, 11) is -2.02. The second kappa shape index (κ2) is 8.95. The molecule has 1 heterocycles. The van der Waals surface area contributed by atoms with Crippen LogP contribution in [0.4, 0.5) is 5.69 Å². The number of anilines is 1. The summed E-state index contributed by atoms with van der Waals surface area (Å²) in [5, 5.41) is 12.3. The number of amidine groups is 1. The Bertz CT molecular complexity index is 927. The SMILES string of the molecule is CN1CCCCC/C1=N\S(=O)(=O)c1cccc(NC(=O)C2(C#N)CCCCC2)c1. The first-order chi connectivity index (χ1) is 13.9. The Morgan fingerprint density at radius 1 is 1.17 bits per heavy atom. The molecule has 2 aliphatic rings. The lowest BCUT2D eigenvalue weighted by atomic mass is 9.74. The molecule has 0 atom stereocenters.